The second kappa shape index (κ2) is 8.86. The summed E-state index contributed by atoms with van der Waals surface area (Å²) in [5.74, 6) is -0.208. The van der Waals surface area contributed by atoms with E-state index in [-0.39, 0.29) is 16.8 Å². The van der Waals surface area contributed by atoms with Crippen molar-refractivity contribution in [2.75, 3.05) is 33.7 Å². The summed E-state index contributed by atoms with van der Waals surface area (Å²) in [4.78, 5) is 14.2. The maximum Gasteiger partial charge on any atom is 0.251 e. The molecule has 2 aromatic carbocycles. The molecule has 0 spiro atoms. The van der Waals surface area contributed by atoms with E-state index in [2.05, 4.69) is 5.32 Å². The molecule has 0 unspecified atom stereocenters. The molecule has 6 nitrogen and oxygen atoms in total. The van der Waals surface area contributed by atoms with Crippen LogP contribution in [-0.4, -0.2) is 52.4 Å². The van der Waals surface area contributed by atoms with E-state index in [0.717, 1.165) is 24.9 Å². The lowest BCUT2D eigenvalue weighted by molar-refractivity contribution is -0.860. The molecule has 1 aliphatic rings. The molecule has 7 heteroatoms. The van der Waals surface area contributed by atoms with E-state index < -0.39 is 10.0 Å². The van der Waals surface area contributed by atoms with Gasteiger partial charge in [-0.1, -0.05) is 30.3 Å². The number of benzene rings is 2. The van der Waals surface area contributed by atoms with E-state index >= 15 is 0 Å². The number of carbonyl (C=O) groups is 1. The van der Waals surface area contributed by atoms with Gasteiger partial charge in [-0.05, 0) is 42.7 Å². The Bertz CT molecular complexity index is 890. The molecule has 1 heterocycles. The summed E-state index contributed by atoms with van der Waals surface area (Å²) in [7, 11) is 0.619. The second-order valence-corrected chi connectivity index (χ2v) is 9.42. The van der Waals surface area contributed by atoms with Gasteiger partial charge in [-0.3, -0.25) is 4.79 Å². The van der Waals surface area contributed by atoms with Crippen molar-refractivity contribution >= 4 is 15.9 Å². The van der Waals surface area contributed by atoms with Crippen LogP contribution in [0.5, 0.6) is 0 Å². The Kier molecular flexibility index (Phi) is 6.49. The van der Waals surface area contributed by atoms with Crippen LogP contribution >= 0.6 is 0 Å². The quantitative estimate of drug-likeness (QED) is 0.728. The molecule has 0 aliphatic carbocycles. The van der Waals surface area contributed by atoms with Crippen molar-refractivity contribution in [3.8, 4) is 0 Å². The Morgan fingerprint density at radius 3 is 2.21 bits per heavy atom. The highest BCUT2D eigenvalue weighted by atomic mass is 32.2. The average Bonchev–Trinajstić information content (AvgIpc) is 3.23. The standard InChI is InChI=1S/C21H27N3O3S/c1-23(2)16-20(17-8-4-3-5-9-17)22-21(25)18-10-12-19(13-11-18)28(26,27)24-14-6-7-15-24/h3-5,8-13,20H,6-7,14-16H2,1-2H3,(H,22,25)/p+1/t20-/m0/s1. The lowest BCUT2D eigenvalue weighted by atomic mass is 10.1. The van der Waals surface area contributed by atoms with Gasteiger partial charge in [0.25, 0.3) is 5.91 Å². The average molecular weight is 403 g/mol. The van der Waals surface area contributed by atoms with Crippen molar-refractivity contribution in [1.82, 2.24) is 9.62 Å². The first-order valence-electron chi connectivity index (χ1n) is 9.63. The molecule has 0 aromatic heterocycles. The van der Waals surface area contributed by atoms with E-state index in [9.17, 15) is 13.2 Å². The highest BCUT2D eigenvalue weighted by Gasteiger charge is 2.27. The Morgan fingerprint density at radius 2 is 1.64 bits per heavy atom. The summed E-state index contributed by atoms with van der Waals surface area (Å²) >= 11 is 0. The van der Waals surface area contributed by atoms with Gasteiger partial charge in [-0.2, -0.15) is 4.31 Å². The lowest BCUT2D eigenvalue weighted by Gasteiger charge is -2.21. The molecule has 1 amide bonds. The smallest absolute Gasteiger partial charge is 0.251 e. The Hall–Kier alpha value is -2.22. The molecule has 1 aliphatic heterocycles. The number of sulfonamides is 1. The summed E-state index contributed by atoms with van der Waals surface area (Å²) in [5, 5.41) is 3.07. The minimum absolute atomic E-state index is 0.119. The van der Waals surface area contributed by atoms with Crippen LogP contribution in [0.15, 0.2) is 59.5 Å². The fourth-order valence-corrected chi connectivity index (χ4v) is 4.96. The van der Waals surface area contributed by atoms with Crippen LogP contribution in [0.4, 0.5) is 0 Å². The fraction of sp³-hybridized carbons (Fsp3) is 0.381. The van der Waals surface area contributed by atoms with Crippen molar-refractivity contribution in [2.45, 2.75) is 23.8 Å². The SMILES string of the molecule is C[NH+](C)C[C@H](NC(=O)c1ccc(S(=O)(=O)N2CCCC2)cc1)c1ccccc1. The third-order valence-corrected chi connectivity index (χ3v) is 6.85. The fourth-order valence-electron chi connectivity index (χ4n) is 3.44. The van der Waals surface area contributed by atoms with Crippen LogP contribution in [0.2, 0.25) is 0 Å². The van der Waals surface area contributed by atoms with Crippen LogP contribution in [-0.2, 0) is 10.0 Å². The van der Waals surface area contributed by atoms with Crippen LogP contribution in [0, 0.1) is 0 Å². The molecule has 3 rings (SSSR count). The number of nitrogens with zero attached hydrogens (tertiary/aromatic N) is 1. The highest BCUT2D eigenvalue weighted by molar-refractivity contribution is 7.89. The first kappa shape index (κ1) is 20.5. The zero-order chi connectivity index (χ0) is 20.1. The highest BCUT2D eigenvalue weighted by Crippen LogP contribution is 2.21. The maximum atomic E-state index is 12.7. The number of quaternary nitrogens is 1. The molecule has 150 valence electrons. The normalized spacial score (nSPS) is 16.2. The lowest BCUT2D eigenvalue weighted by Crippen LogP contribution is -3.06. The third kappa shape index (κ3) is 4.79. The minimum atomic E-state index is -3.46. The number of carbonyl (C=O) groups excluding carboxylic acids is 1. The van der Waals surface area contributed by atoms with E-state index in [0.29, 0.717) is 18.7 Å². The van der Waals surface area contributed by atoms with E-state index in [1.807, 2.05) is 44.4 Å². The predicted molar refractivity (Wildman–Crippen MR) is 109 cm³/mol. The molecule has 0 radical (unpaired) electrons. The number of rotatable bonds is 7. The summed E-state index contributed by atoms with van der Waals surface area (Å²) in [6.45, 7) is 1.88. The maximum absolute atomic E-state index is 12.7. The van der Waals surface area contributed by atoms with Crippen molar-refractivity contribution < 1.29 is 18.1 Å². The molecule has 0 saturated carbocycles. The minimum Gasteiger partial charge on any atom is -0.340 e. The molecule has 1 atom stereocenters. The zero-order valence-electron chi connectivity index (χ0n) is 16.4. The summed E-state index contributed by atoms with van der Waals surface area (Å²) in [6, 6.07) is 16.0. The molecule has 2 aromatic rings. The van der Waals surface area contributed by atoms with Crippen LogP contribution in [0.3, 0.4) is 0 Å². The topological polar surface area (TPSA) is 70.9 Å². The molecular weight excluding hydrogens is 374 g/mol. The number of amides is 1. The summed E-state index contributed by atoms with van der Waals surface area (Å²) in [6.07, 6.45) is 1.79. The van der Waals surface area contributed by atoms with Gasteiger partial charge in [0.2, 0.25) is 10.0 Å². The van der Waals surface area contributed by atoms with E-state index in [4.69, 9.17) is 0 Å². The zero-order valence-corrected chi connectivity index (χ0v) is 17.2. The summed E-state index contributed by atoms with van der Waals surface area (Å²) in [5.41, 5.74) is 1.50. The third-order valence-electron chi connectivity index (χ3n) is 4.94. The van der Waals surface area contributed by atoms with Crippen LogP contribution in [0.1, 0.15) is 34.8 Å². The molecule has 0 bridgehead atoms. The van der Waals surface area contributed by atoms with E-state index in [1.165, 1.54) is 21.3 Å². The predicted octanol–water partition coefficient (Wildman–Crippen LogP) is 1.09. The molecule has 2 N–H and O–H groups in total. The van der Waals surface area contributed by atoms with Crippen molar-refractivity contribution in [1.29, 1.82) is 0 Å². The Morgan fingerprint density at radius 1 is 1.04 bits per heavy atom. The van der Waals surface area contributed by atoms with Gasteiger partial charge in [-0.25, -0.2) is 8.42 Å². The number of nitrogens with one attached hydrogen (secondary N) is 2. The van der Waals surface area contributed by atoms with Crippen LogP contribution < -0.4 is 10.2 Å². The number of hydrogen-bond donors (Lipinski definition) is 2. The van der Waals surface area contributed by atoms with Gasteiger partial charge in [0.15, 0.2) is 0 Å². The second-order valence-electron chi connectivity index (χ2n) is 7.48. The van der Waals surface area contributed by atoms with Crippen molar-refractivity contribution in [3.63, 3.8) is 0 Å². The van der Waals surface area contributed by atoms with E-state index in [1.54, 1.807) is 12.1 Å². The van der Waals surface area contributed by atoms with Crippen molar-refractivity contribution in [2.24, 2.45) is 0 Å². The Labute approximate surface area is 167 Å². The molecule has 1 fully saturated rings. The van der Waals surface area contributed by atoms with Gasteiger partial charge < -0.3 is 10.2 Å². The summed E-state index contributed by atoms with van der Waals surface area (Å²) < 4.78 is 26.8. The van der Waals surface area contributed by atoms with Crippen molar-refractivity contribution in [3.05, 3.63) is 65.7 Å². The molecule has 28 heavy (non-hydrogen) atoms. The Balaban J connectivity index is 1.74. The number of likely N-dealkylation sites (N-methyl/N-ethyl adjacent to an activating group) is 1. The van der Waals surface area contributed by atoms with Gasteiger partial charge in [-0.15, -0.1) is 0 Å². The first-order valence-corrected chi connectivity index (χ1v) is 11.1. The number of hydrogen-bond acceptors (Lipinski definition) is 3. The van der Waals surface area contributed by atoms with Gasteiger partial charge >= 0.3 is 0 Å². The molecule has 1 saturated heterocycles. The first-order chi connectivity index (χ1) is 13.4. The largest absolute Gasteiger partial charge is 0.340 e. The molecular formula is C21H28N3O3S+. The van der Waals surface area contributed by atoms with Gasteiger partial charge in [0.05, 0.1) is 19.0 Å². The van der Waals surface area contributed by atoms with Crippen LogP contribution in [0.25, 0.3) is 0 Å². The monoisotopic (exact) mass is 402 g/mol. The van der Waals surface area contributed by atoms with Gasteiger partial charge in [0.1, 0.15) is 12.6 Å². The van der Waals surface area contributed by atoms with Gasteiger partial charge in [0, 0.05) is 18.7 Å².